The van der Waals surface area contributed by atoms with Gasteiger partial charge < -0.3 is 15.8 Å². The van der Waals surface area contributed by atoms with Crippen LogP contribution in [0.5, 0.6) is 0 Å². The number of hydrogen-bond acceptors (Lipinski definition) is 4. The van der Waals surface area contributed by atoms with E-state index in [4.69, 9.17) is 10.5 Å². The van der Waals surface area contributed by atoms with Gasteiger partial charge in [-0.1, -0.05) is 13.8 Å². The number of hydrogen-bond donors (Lipinski definition) is 2. The fourth-order valence-corrected chi connectivity index (χ4v) is 4.02. The zero-order valence-corrected chi connectivity index (χ0v) is 15.7. The monoisotopic (exact) mass is 396 g/mol. The first kappa shape index (κ1) is 18.9. The highest BCUT2D eigenvalue weighted by Gasteiger charge is 2.62. The van der Waals surface area contributed by atoms with E-state index in [0.717, 1.165) is 8.66 Å². The van der Waals surface area contributed by atoms with Gasteiger partial charge in [0.25, 0.3) is 0 Å². The molecule has 0 radical (unpaired) electrons. The summed E-state index contributed by atoms with van der Waals surface area (Å²) < 4.78 is 6.70. The third-order valence-electron chi connectivity index (χ3n) is 4.29. The second kappa shape index (κ2) is 6.96. The van der Waals surface area contributed by atoms with Crippen LogP contribution in [0.4, 0.5) is 0 Å². The van der Waals surface area contributed by atoms with Crippen molar-refractivity contribution in [1.82, 2.24) is 5.32 Å². The molecule has 2 unspecified atom stereocenters. The Labute approximate surface area is 144 Å². The highest BCUT2D eigenvalue weighted by atomic mass is 79.9. The molecule has 1 amide bonds. The van der Waals surface area contributed by atoms with E-state index < -0.39 is 5.54 Å². The number of rotatable bonds is 5. The summed E-state index contributed by atoms with van der Waals surface area (Å²) in [6.45, 7) is 7.12. The minimum absolute atomic E-state index is 0. The van der Waals surface area contributed by atoms with Crippen LogP contribution >= 0.6 is 39.7 Å². The smallest absolute Gasteiger partial charge is 0.241 e. The average molecular weight is 398 g/mol. The fraction of sp³-hybridized carbons (Fsp3) is 0.643. The highest BCUT2D eigenvalue weighted by Crippen LogP contribution is 2.49. The molecule has 1 aliphatic rings. The fourth-order valence-electron chi connectivity index (χ4n) is 2.59. The zero-order valence-electron chi connectivity index (χ0n) is 12.4. The summed E-state index contributed by atoms with van der Waals surface area (Å²) in [7, 11) is 0. The van der Waals surface area contributed by atoms with E-state index in [0.29, 0.717) is 19.6 Å². The summed E-state index contributed by atoms with van der Waals surface area (Å²) in [5.74, 6) is -0.0945. The van der Waals surface area contributed by atoms with Crippen LogP contribution in [0.2, 0.25) is 0 Å². The number of ether oxygens (including phenoxy) is 1. The van der Waals surface area contributed by atoms with Gasteiger partial charge in [0.05, 0.1) is 16.4 Å². The summed E-state index contributed by atoms with van der Waals surface area (Å²) in [5.41, 5.74) is 5.13. The summed E-state index contributed by atoms with van der Waals surface area (Å²) >= 11 is 5.02. The molecule has 0 spiro atoms. The molecule has 4 nitrogen and oxygen atoms in total. The van der Waals surface area contributed by atoms with Crippen molar-refractivity contribution >= 4 is 45.6 Å². The lowest BCUT2D eigenvalue weighted by Gasteiger charge is -2.57. The molecule has 1 aromatic rings. The van der Waals surface area contributed by atoms with Crippen LogP contribution in [0.15, 0.2) is 15.9 Å². The highest BCUT2D eigenvalue weighted by molar-refractivity contribution is 9.11. The van der Waals surface area contributed by atoms with Crippen molar-refractivity contribution in [3.63, 3.8) is 0 Å². The summed E-state index contributed by atoms with van der Waals surface area (Å²) in [4.78, 5) is 13.5. The van der Waals surface area contributed by atoms with E-state index >= 15 is 0 Å². The van der Waals surface area contributed by atoms with Crippen LogP contribution in [0.25, 0.3) is 0 Å². The topological polar surface area (TPSA) is 64.3 Å². The lowest BCUT2D eigenvalue weighted by molar-refractivity contribution is -0.170. The van der Waals surface area contributed by atoms with Crippen LogP contribution < -0.4 is 11.1 Å². The molecule has 1 aliphatic carbocycles. The lowest BCUT2D eigenvalue weighted by Crippen LogP contribution is -2.75. The van der Waals surface area contributed by atoms with Crippen LogP contribution in [0, 0.1) is 5.41 Å². The van der Waals surface area contributed by atoms with Crippen molar-refractivity contribution in [1.29, 1.82) is 0 Å². The predicted octanol–water partition coefficient (Wildman–Crippen LogP) is 3.08. The van der Waals surface area contributed by atoms with E-state index in [2.05, 4.69) is 21.2 Å². The lowest BCUT2D eigenvalue weighted by atomic mass is 9.54. The first-order chi connectivity index (χ1) is 9.31. The number of nitrogens with two attached hydrogens (primary N) is 1. The molecule has 1 aromatic heterocycles. The van der Waals surface area contributed by atoms with E-state index in [-0.39, 0.29) is 29.8 Å². The Balaban J connectivity index is 0.00000220. The van der Waals surface area contributed by atoms with Crippen molar-refractivity contribution < 1.29 is 9.53 Å². The van der Waals surface area contributed by atoms with Gasteiger partial charge in [0.1, 0.15) is 5.54 Å². The third kappa shape index (κ3) is 3.45. The number of nitrogens with one attached hydrogen (secondary N) is 1. The number of thiophene rings is 1. The summed E-state index contributed by atoms with van der Waals surface area (Å²) in [6, 6.07) is 3.97. The first-order valence-corrected chi connectivity index (χ1v) is 8.35. The molecule has 0 saturated heterocycles. The van der Waals surface area contributed by atoms with Gasteiger partial charge in [-0.15, -0.1) is 23.7 Å². The molecule has 1 saturated carbocycles. The van der Waals surface area contributed by atoms with E-state index in [1.807, 2.05) is 32.9 Å². The molecule has 1 heterocycles. The molecule has 0 aromatic carbocycles. The molecule has 0 aliphatic heterocycles. The van der Waals surface area contributed by atoms with Crippen molar-refractivity contribution in [2.24, 2.45) is 11.1 Å². The van der Waals surface area contributed by atoms with Crippen LogP contribution in [-0.4, -0.2) is 24.2 Å². The SMILES string of the molecule is CCOC1CC(N)(C(=O)NCc2ccc(Br)s2)C1(C)C.Cl. The Morgan fingerprint density at radius 2 is 2.24 bits per heavy atom. The van der Waals surface area contributed by atoms with Gasteiger partial charge in [-0.3, -0.25) is 4.79 Å². The van der Waals surface area contributed by atoms with Crippen LogP contribution in [0.1, 0.15) is 32.1 Å². The number of amides is 1. The number of carbonyl (C=O) groups is 1. The van der Waals surface area contributed by atoms with Gasteiger partial charge in [-0.2, -0.15) is 0 Å². The molecular formula is C14H22BrClN2O2S. The van der Waals surface area contributed by atoms with Crippen molar-refractivity contribution in [2.45, 2.75) is 45.4 Å². The van der Waals surface area contributed by atoms with Crippen molar-refractivity contribution in [2.75, 3.05) is 6.61 Å². The molecule has 2 atom stereocenters. The Morgan fingerprint density at radius 1 is 1.57 bits per heavy atom. The minimum atomic E-state index is -0.846. The molecule has 120 valence electrons. The number of halogens is 2. The molecular weight excluding hydrogens is 376 g/mol. The third-order valence-corrected chi connectivity index (χ3v) is 5.91. The largest absolute Gasteiger partial charge is 0.378 e. The Kier molecular flexibility index (Phi) is 6.27. The van der Waals surface area contributed by atoms with Gasteiger partial charge in [0.2, 0.25) is 5.91 Å². The van der Waals surface area contributed by atoms with E-state index in [1.165, 1.54) is 0 Å². The van der Waals surface area contributed by atoms with E-state index in [9.17, 15) is 4.79 Å². The van der Waals surface area contributed by atoms with Crippen LogP contribution in [-0.2, 0) is 16.1 Å². The maximum absolute atomic E-state index is 12.4. The normalized spacial score (nSPS) is 26.6. The molecule has 3 N–H and O–H groups in total. The Morgan fingerprint density at radius 3 is 2.71 bits per heavy atom. The van der Waals surface area contributed by atoms with Gasteiger partial charge in [0.15, 0.2) is 0 Å². The van der Waals surface area contributed by atoms with E-state index in [1.54, 1.807) is 11.3 Å². The summed E-state index contributed by atoms with van der Waals surface area (Å²) in [6.07, 6.45) is 0.632. The van der Waals surface area contributed by atoms with Gasteiger partial charge in [-0.25, -0.2) is 0 Å². The molecule has 1 fully saturated rings. The molecule has 2 rings (SSSR count). The maximum atomic E-state index is 12.4. The standard InChI is InChI=1S/C14H21BrN2O2S.ClH/c1-4-19-10-7-14(16,13(10,2)3)12(18)17-8-9-5-6-11(15)20-9;/h5-6,10H,4,7-8,16H2,1-3H3,(H,17,18);1H. The summed E-state index contributed by atoms with van der Waals surface area (Å²) in [5, 5.41) is 2.94. The minimum Gasteiger partial charge on any atom is -0.378 e. The Hall–Kier alpha value is -0.140. The van der Waals surface area contributed by atoms with Crippen molar-refractivity contribution in [3.8, 4) is 0 Å². The number of carbonyl (C=O) groups excluding carboxylic acids is 1. The van der Waals surface area contributed by atoms with Crippen LogP contribution in [0.3, 0.4) is 0 Å². The second-order valence-corrected chi connectivity index (χ2v) is 8.28. The second-order valence-electron chi connectivity index (χ2n) is 5.73. The Bertz CT molecular complexity index is 509. The molecule has 7 heteroatoms. The quantitative estimate of drug-likeness (QED) is 0.802. The van der Waals surface area contributed by atoms with Gasteiger partial charge >= 0.3 is 0 Å². The maximum Gasteiger partial charge on any atom is 0.241 e. The van der Waals surface area contributed by atoms with Crippen molar-refractivity contribution in [3.05, 3.63) is 20.8 Å². The van der Waals surface area contributed by atoms with Gasteiger partial charge in [-0.05, 0) is 35.0 Å². The predicted molar refractivity (Wildman–Crippen MR) is 91.8 cm³/mol. The average Bonchev–Trinajstić information content (AvgIpc) is 2.81. The first-order valence-electron chi connectivity index (χ1n) is 6.74. The molecule has 0 bridgehead atoms. The van der Waals surface area contributed by atoms with Gasteiger partial charge in [0, 0.05) is 23.3 Å². The zero-order chi connectivity index (χ0) is 15.0. The molecule has 21 heavy (non-hydrogen) atoms.